The highest BCUT2D eigenvalue weighted by atomic mass is 79.9. The van der Waals surface area contributed by atoms with Crippen molar-refractivity contribution in [2.45, 2.75) is 6.92 Å². The van der Waals surface area contributed by atoms with Crippen molar-refractivity contribution >= 4 is 49.2 Å². The van der Waals surface area contributed by atoms with E-state index in [4.69, 9.17) is 0 Å². The maximum atomic E-state index is 12.2. The molecular formula is C15H11Br2NO2. The number of nitrogens with one attached hydrogen (secondary N) is 1. The van der Waals surface area contributed by atoms with Crippen molar-refractivity contribution in [2.75, 3.05) is 5.32 Å². The molecule has 0 saturated heterocycles. The molecule has 1 N–H and O–H groups in total. The van der Waals surface area contributed by atoms with Gasteiger partial charge in [-0.2, -0.15) is 0 Å². The lowest BCUT2D eigenvalue weighted by atomic mass is 10.1. The van der Waals surface area contributed by atoms with Gasteiger partial charge in [0, 0.05) is 20.1 Å². The van der Waals surface area contributed by atoms with E-state index in [0.29, 0.717) is 16.8 Å². The molecule has 20 heavy (non-hydrogen) atoms. The number of carbonyl (C=O) groups is 2. The summed E-state index contributed by atoms with van der Waals surface area (Å²) in [6.45, 7) is 1.47. The molecule has 0 heterocycles. The molecule has 1 amide bonds. The lowest BCUT2D eigenvalue weighted by Gasteiger charge is -2.09. The fourth-order valence-corrected chi connectivity index (χ4v) is 3.07. The number of amides is 1. The smallest absolute Gasteiger partial charge is 0.255 e. The molecule has 3 nitrogen and oxygen atoms in total. The van der Waals surface area contributed by atoms with Gasteiger partial charge < -0.3 is 5.32 Å². The van der Waals surface area contributed by atoms with Crippen LogP contribution in [0.25, 0.3) is 0 Å². The zero-order chi connectivity index (χ0) is 14.7. The number of hydrogen-bond acceptors (Lipinski definition) is 2. The number of anilines is 1. The number of halogens is 2. The summed E-state index contributed by atoms with van der Waals surface area (Å²) in [6.07, 6.45) is 0. The first-order chi connectivity index (χ1) is 9.47. The van der Waals surface area contributed by atoms with Crippen molar-refractivity contribution in [2.24, 2.45) is 0 Å². The van der Waals surface area contributed by atoms with E-state index in [-0.39, 0.29) is 11.7 Å². The zero-order valence-electron chi connectivity index (χ0n) is 10.6. The molecule has 0 aromatic heterocycles. The fourth-order valence-electron chi connectivity index (χ4n) is 1.78. The van der Waals surface area contributed by atoms with Crippen LogP contribution in [0, 0.1) is 0 Å². The molecule has 0 aliphatic rings. The Morgan fingerprint density at radius 1 is 1.00 bits per heavy atom. The van der Waals surface area contributed by atoms with Crippen LogP contribution in [0.2, 0.25) is 0 Å². The van der Waals surface area contributed by atoms with Crippen molar-refractivity contribution in [3.63, 3.8) is 0 Å². The molecule has 0 atom stereocenters. The van der Waals surface area contributed by atoms with Crippen molar-refractivity contribution in [1.82, 2.24) is 0 Å². The molecule has 2 aromatic rings. The molecule has 0 fully saturated rings. The summed E-state index contributed by atoms with van der Waals surface area (Å²) in [6, 6.07) is 12.2. The third-order valence-electron chi connectivity index (χ3n) is 2.68. The summed E-state index contributed by atoms with van der Waals surface area (Å²) in [7, 11) is 0. The summed E-state index contributed by atoms with van der Waals surface area (Å²) < 4.78 is 1.61. The zero-order valence-corrected chi connectivity index (χ0v) is 13.8. The van der Waals surface area contributed by atoms with Crippen LogP contribution in [0.3, 0.4) is 0 Å². The molecule has 0 aliphatic heterocycles. The van der Waals surface area contributed by atoms with E-state index in [0.717, 1.165) is 8.95 Å². The van der Waals surface area contributed by atoms with Gasteiger partial charge in [-0.25, -0.2) is 0 Å². The molecule has 0 radical (unpaired) electrons. The first-order valence-corrected chi connectivity index (χ1v) is 7.43. The minimum absolute atomic E-state index is 0.0867. The average molecular weight is 397 g/mol. The first-order valence-electron chi connectivity index (χ1n) is 5.85. The fraction of sp³-hybridized carbons (Fsp3) is 0.0667. The number of ketones is 1. The summed E-state index contributed by atoms with van der Waals surface area (Å²) in [5, 5.41) is 2.76. The van der Waals surface area contributed by atoms with Gasteiger partial charge in [-0.15, -0.1) is 0 Å². The molecule has 0 unspecified atom stereocenters. The standard InChI is InChI=1S/C15H11Br2NO2/c1-9(19)13-4-2-3-5-14(13)18-15(20)10-6-11(16)8-12(17)7-10/h2-8H,1H3,(H,18,20). The second kappa shape index (κ2) is 6.33. The van der Waals surface area contributed by atoms with Crippen LogP contribution in [0.1, 0.15) is 27.6 Å². The van der Waals surface area contributed by atoms with Gasteiger partial charge in [0.05, 0.1) is 5.69 Å². The monoisotopic (exact) mass is 395 g/mol. The summed E-state index contributed by atoms with van der Waals surface area (Å²) in [5.74, 6) is -0.350. The van der Waals surface area contributed by atoms with Crippen molar-refractivity contribution < 1.29 is 9.59 Å². The van der Waals surface area contributed by atoms with Gasteiger partial charge in [-0.1, -0.05) is 44.0 Å². The minimum Gasteiger partial charge on any atom is -0.321 e. The molecule has 0 spiro atoms. The Hall–Kier alpha value is -1.46. The van der Waals surface area contributed by atoms with Gasteiger partial charge in [0.25, 0.3) is 5.91 Å². The number of carbonyl (C=O) groups excluding carboxylic acids is 2. The number of para-hydroxylation sites is 1. The lowest BCUT2D eigenvalue weighted by molar-refractivity contribution is 0.101. The largest absolute Gasteiger partial charge is 0.321 e. The molecule has 0 bridgehead atoms. The van der Waals surface area contributed by atoms with Crippen LogP contribution >= 0.6 is 31.9 Å². The third-order valence-corrected chi connectivity index (χ3v) is 3.59. The third kappa shape index (κ3) is 3.55. The number of benzene rings is 2. The molecule has 5 heteroatoms. The summed E-state index contributed by atoms with van der Waals surface area (Å²) >= 11 is 6.68. The highest BCUT2D eigenvalue weighted by Gasteiger charge is 2.12. The maximum absolute atomic E-state index is 12.2. The van der Waals surface area contributed by atoms with Crippen LogP contribution in [0.15, 0.2) is 51.4 Å². The van der Waals surface area contributed by atoms with Crippen molar-refractivity contribution in [1.29, 1.82) is 0 Å². The summed E-state index contributed by atoms with van der Waals surface area (Å²) in [5.41, 5.74) is 1.51. The van der Waals surface area contributed by atoms with Gasteiger partial charge in [0.1, 0.15) is 0 Å². The Bertz CT molecular complexity index is 663. The summed E-state index contributed by atoms with van der Waals surface area (Å²) in [4.78, 5) is 23.8. The van der Waals surface area contributed by atoms with Crippen LogP contribution in [-0.2, 0) is 0 Å². The Balaban J connectivity index is 2.30. The van der Waals surface area contributed by atoms with E-state index >= 15 is 0 Å². The van der Waals surface area contributed by atoms with Gasteiger partial charge in [0.2, 0.25) is 0 Å². The van der Waals surface area contributed by atoms with Crippen LogP contribution in [-0.4, -0.2) is 11.7 Å². The SMILES string of the molecule is CC(=O)c1ccccc1NC(=O)c1cc(Br)cc(Br)c1. The number of Topliss-reactive ketones (excluding diaryl/α,β-unsaturated/α-hetero) is 1. The van der Waals surface area contributed by atoms with E-state index < -0.39 is 0 Å². The van der Waals surface area contributed by atoms with Crippen LogP contribution < -0.4 is 5.32 Å². The Labute approximate surface area is 133 Å². The van der Waals surface area contributed by atoms with E-state index in [1.807, 2.05) is 6.07 Å². The van der Waals surface area contributed by atoms with Gasteiger partial charge in [0.15, 0.2) is 5.78 Å². The van der Waals surface area contributed by atoms with E-state index in [1.54, 1.807) is 36.4 Å². The topological polar surface area (TPSA) is 46.2 Å². The van der Waals surface area contributed by atoms with Gasteiger partial charge in [-0.05, 0) is 37.3 Å². The Kier molecular flexibility index (Phi) is 4.73. The number of hydrogen-bond donors (Lipinski definition) is 1. The van der Waals surface area contributed by atoms with Gasteiger partial charge in [-0.3, -0.25) is 9.59 Å². The lowest BCUT2D eigenvalue weighted by Crippen LogP contribution is -2.14. The van der Waals surface area contributed by atoms with E-state index in [9.17, 15) is 9.59 Å². The molecule has 2 aromatic carbocycles. The van der Waals surface area contributed by atoms with E-state index in [1.165, 1.54) is 6.92 Å². The predicted octanol–water partition coefficient (Wildman–Crippen LogP) is 4.67. The van der Waals surface area contributed by atoms with Crippen molar-refractivity contribution in [3.8, 4) is 0 Å². The second-order valence-electron chi connectivity index (χ2n) is 4.21. The maximum Gasteiger partial charge on any atom is 0.255 e. The molecule has 102 valence electrons. The predicted molar refractivity (Wildman–Crippen MR) is 86.2 cm³/mol. The van der Waals surface area contributed by atoms with Crippen LogP contribution in [0.4, 0.5) is 5.69 Å². The minimum atomic E-state index is -0.263. The van der Waals surface area contributed by atoms with Crippen LogP contribution in [0.5, 0.6) is 0 Å². The average Bonchev–Trinajstić information content (AvgIpc) is 2.37. The molecular weight excluding hydrogens is 386 g/mol. The molecule has 0 saturated carbocycles. The molecule has 2 rings (SSSR count). The Morgan fingerprint density at radius 3 is 2.20 bits per heavy atom. The normalized spacial score (nSPS) is 10.2. The second-order valence-corrected chi connectivity index (χ2v) is 6.05. The first kappa shape index (κ1) is 14.9. The van der Waals surface area contributed by atoms with Crippen molar-refractivity contribution in [3.05, 3.63) is 62.5 Å². The van der Waals surface area contributed by atoms with Gasteiger partial charge >= 0.3 is 0 Å². The highest BCUT2D eigenvalue weighted by Crippen LogP contribution is 2.22. The number of rotatable bonds is 3. The molecule has 0 aliphatic carbocycles. The highest BCUT2D eigenvalue weighted by molar-refractivity contribution is 9.11. The quantitative estimate of drug-likeness (QED) is 0.766. The Morgan fingerprint density at radius 2 is 1.60 bits per heavy atom. The van der Waals surface area contributed by atoms with E-state index in [2.05, 4.69) is 37.2 Å².